The smallest absolute Gasteiger partial charge is 0.329 e. The summed E-state index contributed by atoms with van der Waals surface area (Å²) < 4.78 is 0. The van der Waals surface area contributed by atoms with Crippen molar-refractivity contribution >= 4 is 35.1 Å². The predicted molar refractivity (Wildman–Crippen MR) is 91.1 cm³/mol. The Morgan fingerprint density at radius 1 is 1.24 bits per heavy atom. The van der Waals surface area contributed by atoms with Gasteiger partial charge in [-0.2, -0.15) is 0 Å². The highest BCUT2D eigenvalue weighted by atomic mass is 16.4. The Bertz CT molecular complexity index is 729. The standard InChI is InChI=1S/C17H21N3O5/c1-17(2,16(24)25)19(3)14(22)8-9-15(23)20-10-13(21)18-11-6-4-5-7-12(11)20/h4-7H,8-10H2,1-3H3,(H,18,21)(H,24,25). The zero-order valence-corrected chi connectivity index (χ0v) is 14.4. The molecule has 1 aliphatic heterocycles. The van der Waals surface area contributed by atoms with Gasteiger partial charge in [-0.15, -0.1) is 0 Å². The lowest BCUT2D eigenvalue weighted by Gasteiger charge is -2.32. The maximum absolute atomic E-state index is 12.5. The molecule has 0 fully saturated rings. The molecule has 0 saturated carbocycles. The van der Waals surface area contributed by atoms with Crippen molar-refractivity contribution in [2.24, 2.45) is 0 Å². The van der Waals surface area contributed by atoms with Crippen LogP contribution in [0.4, 0.5) is 11.4 Å². The van der Waals surface area contributed by atoms with Gasteiger partial charge in [0.25, 0.3) is 0 Å². The number of nitrogens with zero attached hydrogens (tertiary/aromatic N) is 2. The molecule has 0 saturated heterocycles. The third kappa shape index (κ3) is 3.78. The fourth-order valence-corrected chi connectivity index (χ4v) is 2.43. The van der Waals surface area contributed by atoms with Crippen LogP contribution in [0.3, 0.4) is 0 Å². The van der Waals surface area contributed by atoms with Gasteiger partial charge < -0.3 is 20.2 Å². The Labute approximate surface area is 145 Å². The van der Waals surface area contributed by atoms with Crippen molar-refractivity contribution in [3.8, 4) is 0 Å². The van der Waals surface area contributed by atoms with E-state index in [9.17, 15) is 19.2 Å². The summed E-state index contributed by atoms with van der Waals surface area (Å²) in [7, 11) is 1.39. The van der Waals surface area contributed by atoms with Gasteiger partial charge in [-0.3, -0.25) is 14.4 Å². The van der Waals surface area contributed by atoms with E-state index in [1.165, 1.54) is 25.8 Å². The van der Waals surface area contributed by atoms with Crippen molar-refractivity contribution in [1.82, 2.24) is 4.90 Å². The lowest BCUT2D eigenvalue weighted by Crippen LogP contribution is -2.51. The van der Waals surface area contributed by atoms with Gasteiger partial charge in [0.2, 0.25) is 17.7 Å². The van der Waals surface area contributed by atoms with Crippen molar-refractivity contribution < 1.29 is 24.3 Å². The summed E-state index contributed by atoms with van der Waals surface area (Å²) in [5.74, 6) is -2.24. The molecule has 0 aromatic heterocycles. The van der Waals surface area contributed by atoms with Gasteiger partial charge in [-0.25, -0.2) is 4.79 Å². The van der Waals surface area contributed by atoms with Gasteiger partial charge in [0.05, 0.1) is 11.4 Å². The number of carbonyl (C=O) groups is 4. The molecule has 0 spiro atoms. The van der Waals surface area contributed by atoms with Gasteiger partial charge in [0.1, 0.15) is 12.1 Å². The molecule has 1 heterocycles. The molecule has 1 aromatic rings. The summed E-state index contributed by atoms with van der Waals surface area (Å²) in [5.41, 5.74) is -0.237. The first-order chi connectivity index (χ1) is 11.6. The number of carbonyl (C=O) groups excluding carboxylic acids is 3. The molecule has 0 bridgehead atoms. The van der Waals surface area contributed by atoms with Crippen molar-refractivity contribution in [2.75, 3.05) is 23.8 Å². The van der Waals surface area contributed by atoms with E-state index in [0.29, 0.717) is 11.4 Å². The second kappa shape index (κ2) is 6.92. The van der Waals surface area contributed by atoms with Crippen molar-refractivity contribution in [3.63, 3.8) is 0 Å². The van der Waals surface area contributed by atoms with E-state index in [1.807, 2.05) is 0 Å². The number of nitrogens with one attached hydrogen (secondary N) is 1. The van der Waals surface area contributed by atoms with Crippen molar-refractivity contribution in [1.29, 1.82) is 0 Å². The molecule has 1 aliphatic rings. The zero-order valence-electron chi connectivity index (χ0n) is 14.4. The summed E-state index contributed by atoms with van der Waals surface area (Å²) in [5, 5.41) is 11.9. The van der Waals surface area contributed by atoms with Crippen LogP contribution < -0.4 is 10.2 Å². The zero-order chi connectivity index (χ0) is 18.8. The van der Waals surface area contributed by atoms with Crippen LogP contribution in [0, 0.1) is 0 Å². The molecule has 2 N–H and O–H groups in total. The van der Waals surface area contributed by atoms with Crippen LogP contribution in [0.2, 0.25) is 0 Å². The Hall–Kier alpha value is -2.90. The number of carboxylic acids is 1. The van der Waals surface area contributed by atoms with E-state index < -0.39 is 17.4 Å². The van der Waals surface area contributed by atoms with Crippen LogP contribution in [0.5, 0.6) is 0 Å². The number of anilines is 2. The average Bonchev–Trinajstić information content (AvgIpc) is 2.57. The second-order valence-electron chi connectivity index (χ2n) is 6.36. The number of hydrogen-bond donors (Lipinski definition) is 2. The molecule has 134 valence electrons. The first kappa shape index (κ1) is 18.4. The topological polar surface area (TPSA) is 107 Å². The molecular weight excluding hydrogens is 326 g/mol. The van der Waals surface area contributed by atoms with E-state index in [4.69, 9.17) is 5.11 Å². The fraction of sp³-hybridized carbons (Fsp3) is 0.412. The number of benzene rings is 1. The third-order valence-corrected chi connectivity index (χ3v) is 4.36. The Kier molecular flexibility index (Phi) is 5.10. The highest BCUT2D eigenvalue weighted by molar-refractivity contribution is 6.10. The van der Waals surface area contributed by atoms with Crippen molar-refractivity contribution in [2.45, 2.75) is 32.2 Å². The van der Waals surface area contributed by atoms with Crippen LogP contribution in [-0.2, 0) is 19.2 Å². The quantitative estimate of drug-likeness (QED) is 0.829. The first-order valence-electron chi connectivity index (χ1n) is 7.84. The van der Waals surface area contributed by atoms with Gasteiger partial charge in [0.15, 0.2) is 0 Å². The van der Waals surface area contributed by atoms with E-state index in [0.717, 1.165) is 4.90 Å². The largest absolute Gasteiger partial charge is 0.480 e. The van der Waals surface area contributed by atoms with Gasteiger partial charge in [-0.1, -0.05) is 12.1 Å². The van der Waals surface area contributed by atoms with E-state index in [2.05, 4.69) is 5.32 Å². The molecule has 0 radical (unpaired) electrons. The highest BCUT2D eigenvalue weighted by Gasteiger charge is 2.35. The molecule has 25 heavy (non-hydrogen) atoms. The van der Waals surface area contributed by atoms with Crippen LogP contribution in [0.1, 0.15) is 26.7 Å². The molecule has 8 heteroatoms. The SMILES string of the molecule is CN(C(=O)CCC(=O)N1CC(=O)Nc2ccccc21)C(C)(C)C(=O)O. The monoisotopic (exact) mass is 347 g/mol. The molecule has 8 nitrogen and oxygen atoms in total. The Morgan fingerprint density at radius 2 is 1.88 bits per heavy atom. The Balaban J connectivity index is 2.05. The first-order valence-corrected chi connectivity index (χ1v) is 7.84. The molecule has 0 unspecified atom stereocenters. The van der Waals surface area contributed by atoms with Gasteiger partial charge in [-0.05, 0) is 26.0 Å². The molecule has 1 aromatic carbocycles. The average molecular weight is 347 g/mol. The van der Waals surface area contributed by atoms with Crippen LogP contribution in [-0.4, -0.2) is 52.8 Å². The van der Waals surface area contributed by atoms with E-state index in [1.54, 1.807) is 24.3 Å². The maximum atomic E-state index is 12.5. The summed E-state index contributed by atoms with van der Waals surface area (Å²) in [6, 6.07) is 6.92. The van der Waals surface area contributed by atoms with Gasteiger partial charge >= 0.3 is 5.97 Å². The normalized spacial score (nSPS) is 13.7. The number of para-hydroxylation sites is 2. The lowest BCUT2D eigenvalue weighted by atomic mass is 10.0. The highest BCUT2D eigenvalue weighted by Crippen LogP contribution is 2.29. The fourth-order valence-electron chi connectivity index (χ4n) is 2.43. The predicted octanol–water partition coefficient (Wildman–Crippen LogP) is 1.07. The minimum Gasteiger partial charge on any atom is -0.480 e. The minimum atomic E-state index is -1.36. The van der Waals surface area contributed by atoms with E-state index in [-0.39, 0.29) is 31.2 Å². The summed E-state index contributed by atoms with van der Waals surface area (Å²) in [6.07, 6.45) is -0.243. The summed E-state index contributed by atoms with van der Waals surface area (Å²) >= 11 is 0. The molecule has 0 atom stereocenters. The molecule has 3 amide bonds. The summed E-state index contributed by atoms with van der Waals surface area (Å²) in [6.45, 7) is 2.72. The molecule has 0 aliphatic carbocycles. The maximum Gasteiger partial charge on any atom is 0.329 e. The second-order valence-corrected chi connectivity index (χ2v) is 6.36. The number of aliphatic carboxylic acids is 1. The number of amides is 3. The number of hydrogen-bond acceptors (Lipinski definition) is 4. The summed E-state index contributed by atoms with van der Waals surface area (Å²) in [4.78, 5) is 50.1. The lowest BCUT2D eigenvalue weighted by molar-refractivity contribution is -0.155. The number of fused-ring (bicyclic) bond motifs is 1. The number of rotatable bonds is 5. The van der Waals surface area contributed by atoms with E-state index >= 15 is 0 Å². The van der Waals surface area contributed by atoms with Crippen molar-refractivity contribution in [3.05, 3.63) is 24.3 Å². The third-order valence-electron chi connectivity index (χ3n) is 4.36. The molecular formula is C17H21N3O5. The molecule has 2 rings (SSSR count). The number of likely N-dealkylation sites (N-methyl/N-ethyl adjacent to an activating group) is 1. The minimum absolute atomic E-state index is 0.111. The van der Waals surface area contributed by atoms with Crippen LogP contribution in [0.15, 0.2) is 24.3 Å². The van der Waals surface area contributed by atoms with Crippen LogP contribution >= 0.6 is 0 Å². The van der Waals surface area contributed by atoms with Gasteiger partial charge in [0, 0.05) is 19.9 Å². The van der Waals surface area contributed by atoms with Crippen LogP contribution in [0.25, 0.3) is 0 Å². The Morgan fingerprint density at radius 3 is 2.52 bits per heavy atom. The number of carboxylic acid groups (broad SMARTS) is 1.